The van der Waals surface area contributed by atoms with E-state index in [-0.39, 0.29) is 12.1 Å². The van der Waals surface area contributed by atoms with Crippen molar-refractivity contribution < 1.29 is 13.9 Å². The molecular formula is C22H26N4O3. The lowest BCUT2D eigenvalue weighted by Crippen LogP contribution is -2.36. The second-order valence-corrected chi connectivity index (χ2v) is 7.60. The second kappa shape index (κ2) is 8.13. The van der Waals surface area contributed by atoms with Gasteiger partial charge in [0.25, 0.3) is 0 Å². The van der Waals surface area contributed by atoms with Crippen LogP contribution in [0.3, 0.4) is 0 Å². The first-order valence-electron chi connectivity index (χ1n) is 9.79. The zero-order valence-electron chi connectivity index (χ0n) is 16.9. The van der Waals surface area contributed by atoms with E-state index < -0.39 is 0 Å². The summed E-state index contributed by atoms with van der Waals surface area (Å²) < 4.78 is 11.1. The molecule has 1 unspecified atom stereocenters. The number of aromatic nitrogens is 1. The number of fused-ring (bicyclic) bond motifs is 1. The molecule has 0 aliphatic heterocycles. The molecule has 1 atom stereocenters. The molecule has 2 aromatic carbocycles. The van der Waals surface area contributed by atoms with Crippen molar-refractivity contribution in [3.05, 3.63) is 53.9 Å². The fourth-order valence-electron chi connectivity index (χ4n) is 3.34. The Hall–Kier alpha value is -3.06. The number of hydrogen-bond acceptors (Lipinski definition) is 5. The molecule has 1 aromatic heterocycles. The molecule has 0 saturated heterocycles. The zero-order valence-corrected chi connectivity index (χ0v) is 16.9. The summed E-state index contributed by atoms with van der Waals surface area (Å²) in [6.07, 6.45) is 2.28. The Bertz CT molecular complexity index is 1010. The number of likely N-dealkylation sites (N-methyl/N-ethyl adjacent to an activating group) is 1. The van der Waals surface area contributed by atoms with Crippen LogP contribution in [0.15, 0.2) is 46.9 Å². The summed E-state index contributed by atoms with van der Waals surface area (Å²) in [4.78, 5) is 19.0. The Labute approximate surface area is 170 Å². The fourth-order valence-corrected chi connectivity index (χ4v) is 3.34. The van der Waals surface area contributed by atoms with Gasteiger partial charge in [0, 0.05) is 18.2 Å². The summed E-state index contributed by atoms with van der Waals surface area (Å²) in [7, 11) is 5.62. The van der Waals surface area contributed by atoms with Crippen molar-refractivity contribution in [3.63, 3.8) is 0 Å². The largest absolute Gasteiger partial charge is 0.497 e. The topological polar surface area (TPSA) is 79.6 Å². The molecule has 2 N–H and O–H groups in total. The Morgan fingerprint density at radius 3 is 2.83 bits per heavy atom. The van der Waals surface area contributed by atoms with Gasteiger partial charge in [-0.3, -0.25) is 0 Å². The van der Waals surface area contributed by atoms with Gasteiger partial charge in [-0.15, -0.1) is 0 Å². The molecule has 1 saturated carbocycles. The van der Waals surface area contributed by atoms with Gasteiger partial charge in [-0.2, -0.15) is 0 Å². The highest BCUT2D eigenvalue weighted by Gasteiger charge is 2.28. The number of nitrogens with one attached hydrogen (secondary N) is 2. The average Bonchev–Trinajstić information content (AvgIpc) is 3.47. The first kappa shape index (κ1) is 19.3. The summed E-state index contributed by atoms with van der Waals surface area (Å²) in [6, 6.07) is 13.2. The van der Waals surface area contributed by atoms with Gasteiger partial charge < -0.3 is 24.7 Å². The number of urea groups is 1. The minimum atomic E-state index is -0.259. The van der Waals surface area contributed by atoms with Crippen LogP contribution in [0.5, 0.6) is 5.75 Å². The van der Waals surface area contributed by atoms with Crippen LogP contribution in [0, 0.1) is 0 Å². The first-order valence-corrected chi connectivity index (χ1v) is 9.79. The molecule has 1 aliphatic carbocycles. The smallest absolute Gasteiger partial charge is 0.319 e. The molecule has 29 heavy (non-hydrogen) atoms. The predicted molar refractivity (Wildman–Crippen MR) is 112 cm³/mol. The zero-order chi connectivity index (χ0) is 20.4. The Morgan fingerprint density at radius 2 is 2.10 bits per heavy atom. The highest BCUT2D eigenvalue weighted by Crippen LogP contribution is 2.40. The van der Waals surface area contributed by atoms with Crippen LogP contribution in [0.4, 0.5) is 10.5 Å². The van der Waals surface area contributed by atoms with Crippen LogP contribution in [-0.4, -0.2) is 43.7 Å². The minimum absolute atomic E-state index is 0.0231. The van der Waals surface area contributed by atoms with Crippen LogP contribution >= 0.6 is 0 Å². The van der Waals surface area contributed by atoms with E-state index in [4.69, 9.17) is 9.15 Å². The monoisotopic (exact) mass is 394 g/mol. The van der Waals surface area contributed by atoms with Crippen LogP contribution in [0.25, 0.3) is 11.1 Å². The summed E-state index contributed by atoms with van der Waals surface area (Å²) >= 11 is 0. The maximum absolute atomic E-state index is 12.4. The Kier molecular flexibility index (Phi) is 5.40. The van der Waals surface area contributed by atoms with Crippen molar-refractivity contribution in [2.75, 3.05) is 33.1 Å². The van der Waals surface area contributed by atoms with E-state index >= 15 is 0 Å². The number of oxazole rings is 1. The van der Waals surface area contributed by atoms with Crippen molar-refractivity contribution in [1.82, 2.24) is 15.2 Å². The van der Waals surface area contributed by atoms with Crippen molar-refractivity contribution >= 4 is 22.8 Å². The lowest BCUT2D eigenvalue weighted by Gasteiger charge is -2.25. The second-order valence-electron chi connectivity index (χ2n) is 7.60. The number of benzene rings is 2. The highest BCUT2D eigenvalue weighted by atomic mass is 16.5. The van der Waals surface area contributed by atoms with E-state index in [1.807, 2.05) is 56.6 Å². The van der Waals surface area contributed by atoms with E-state index in [9.17, 15) is 4.79 Å². The molecule has 3 aromatic rings. The van der Waals surface area contributed by atoms with E-state index in [0.29, 0.717) is 18.2 Å². The van der Waals surface area contributed by atoms with Crippen LogP contribution < -0.4 is 15.4 Å². The van der Waals surface area contributed by atoms with Gasteiger partial charge in [0.05, 0.1) is 13.2 Å². The number of rotatable bonds is 7. The lowest BCUT2D eigenvalue weighted by molar-refractivity contribution is 0.243. The molecule has 1 aliphatic rings. The Morgan fingerprint density at radius 1 is 1.28 bits per heavy atom. The van der Waals surface area contributed by atoms with Crippen molar-refractivity contribution in [3.8, 4) is 5.75 Å². The normalized spacial score (nSPS) is 14.8. The number of ether oxygens (including phenoxy) is 1. The maximum Gasteiger partial charge on any atom is 0.319 e. The Balaban J connectivity index is 1.39. The molecule has 4 rings (SSSR count). The van der Waals surface area contributed by atoms with Crippen LogP contribution in [0.2, 0.25) is 0 Å². The number of anilines is 1. The van der Waals surface area contributed by atoms with Gasteiger partial charge >= 0.3 is 6.03 Å². The van der Waals surface area contributed by atoms with E-state index in [1.165, 1.54) is 0 Å². The third kappa shape index (κ3) is 4.51. The van der Waals surface area contributed by atoms with Crippen molar-refractivity contribution in [2.24, 2.45) is 0 Å². The molecule has 2 amide bonds. The third-order valence-corrected chi connectivity index (χ3v) is 5.15. The van der Waals surface area contributed by atoms with Gasteiger partial charge in [0.2, 0.25) is 0 Å². The molecule has 0 radical (unpaired) electrons. The number of carbonyl (C=O) groups is 1. The number of nitrogens with zero attached hydrogens (tertiary/aromatic N) is 2. The summed E-state index contributed by atoms with van der Waals surface area (Å²) in [5.41, 5.74) is 3.29. The number of methoxy groups -OCH3 is 1. The summed E-state index contributed by atoms with van der Waals surface area (Å²) in [6.45, 7) is 0.462. The molecule has 152 valence electrons. The molecule has 1 heterocycles. The number of amides is 2. The van der Waals surface area contributed by atoms with Crippen LogP contribution in [0.1, 0.15) is 36.3 Å². The third-order valence-electron chi connectivity index (χ3n) is 5.15. The minimum Gasteiger partial charge on any atom is -0.497 e. The summed E-state index contributed by atoms with van der Waals surface area (Å²) in [5.74, 6) is 2.06. The fraction of sp³-hybridized carbons (Fsp3) is 0.364. The number of carbonyl (C=O) groups excluding carboxylic acids is 1. The van der Waals surface area contributed by atoms with Gasteiger partial charge in [0.1, 0.15) is 11.3 Å². The molecule has 7 heteroatoms. The van der Waals surface area contributed by atoms with Crippen molar-refractivity contribution in [2.45, 2.75) is 24.8 Å². The predicted octanol–water partition coefficient (Wildman–Crippen LogP) is 4.14. The average molecular weight is 394 g/mol. The first-order chi connectivity index (χ1) is 14.0. The lowest BCUT2D eigenvalue weighted by atomic mass is 10.1. The van der Waals surface area contributed by atoms with E-state index in [1.54, 1.807) is 7.11 Å². The molecule has 7 nitrogen and oxygen atoms in total. The highest BCUT2D eigenvalue weighted by molar-refractivity contribution is 5.91. The van der Waals surface area contributed by atoms with Gasteiger partial charge in [-0.1, -0.05) is 12.1 Å². The van der Waals surface area contributed by atoms with Crippen LogP contribution in [-0.2, 0) is 0 Å². The molecule has 1 fully saturated rings. The maximum atomic E-state index is 12.4. The van der Waals surface area contributed by atoms with E-state index in [0.717, 1.165) is 41.1 Å². The van der Waals surface area contributed by atoms with Gasteiger partial charge in [0.15, 0.2) is 11.5 Å². The van der Waals surface area contributed by atoms with Gasteiger partial charge in [-0.05, 0) is 62.8 Å². The SMILES string of the molecule is COc1cccc(C(CNC(=O)Nc2ccc3oc(C4CC4)nc3c2)N(C)C)c1. The van der Waals surface area contributed by atoms with Gasteiger partial charge in [-0.25, -0.2) is 9.78 Å². The standard InChI is InChI=1S/C22H26N4O3/c1-26(2)19(15-5-4-6-17(11-15)28-3)13-23-22(27)24-16-9-10-20-18(12-16)25-21(29-20)14-7-8-14/h4-6,9-12,14,19H,7-8,13H2,1-3H3,(H2,23,24,27). The number of hydrogen-bond donors (Lipinski definition) is 2. The molecule has 0 bridgehead atoms. The molecular weight excluding hydrogens is 368 g/mol. The summed E-state index contributed by atoms with van der Waals surface area (Å²) in [5, 5.41) is 5.84. The van der Waals surface area contributed by atoms with E-state index in [2.05, 4.69) is 20.5 Å². The molecule has 0 spiro atoms. The quantitative estimate of drug-likeness (QED) is 0.630. The van der Waals surface area contributed by atoms with Crippen molar-refractivity contribution in [1.29, 1.82) is 0 Å².